The zero-order valence-corrected chi connectivity index (χ0v) is 12.1. The fourth-order valence-electron chi connectivity index (χ4n) is 1.72. The predicted molar refractivity (Wildman–Crippen MR) is 74.0 cm³/mol. The zero-order valence-electron chi connectivity index (χ0n) is 11.3. The SMILES string of the molecule is CCC(C)(NC(=O)CCCCC(=O)O)c1nccs1. The summed E-state index contributed by atoms with van der Waals surface area (Å²) in [4.78, 5) is 26.5. The number of hydrogen-bond acceptors (Lipinski definition) is 4. The van der Waals surface area contributed by atoms with Crippen molar-refractivity contribution in [3.63, 3.8) is 0 Å². The van der Waals surface area contributed by atoms with Gasteiger partial charge in [-0.3, -0.25) is 9.59 Å². The van der Waals surface area contributed by atoms with Crippen molar-refractivity contribution < 1.29 is 14.7 Å². The molecule has 2 N–H and O–H groups in total. The summed E-state index contributed by atoms with van der Waals surface area (Å²) < 4.78 is 0. The first-order valence-electron chi connectivity index (χ1n) is 6.40. The number of unbranched alkanes of at least 4 members (excludes halogenated alkanes) is 1. The summed E-state index contributed by atoms with van der Waals surface area (Å²) in [5.74, 6) is -0.869. The molecule has 0 aliphatic rings. The minimum Gasteiger partial charge on any atom is -0.481 e. The lowest BCUT2D eigenvalue weighted by Crippen LogP contribution is -2.42. The minimum absolute atomic E-state index is 0.0510. The highest BCUT2D eigenvalue weighted by atomic mass is 32.1. The maximum absolute atomic E-state index is 11.9. The molecule has 0 saturated carbocycles. The van der Waals surface area contributed by atoms with Crippen molar-refractivity contribution in [2.24, 2.45) is 0 Å². The molecule has 0 aliphatic carbocycles. The first-order chi connectivity index (χ1) is 8.98. The second-order valence-electron chi connectivity index (χ2n) is 4.67. The molecule has 0 bridgehead atoms. The van der Waals surface area contributed by atoms with Crippen LogP contribution in [0.4, 0.5) is 0 Å². The number of carbonyl (C=O) groups is 2. The first-order valence-corrected chi connectivity index (χ1v) is 7.28. The topological polar surface area (TPSA) is 79.3 Å². The van der Waals surface area contributed by atoms with E-state index in [-0.39, 0.29) is 12.3 Å². The molecule has 0 aliphatic heterocycles. The zero-order chi connectivity index (χ0) is 14.3. The Morgan fingerprint density at radius 1 is 1.42 bits per heavy atom. The number of carbonyl (C=O) groups excluding carboxylic acids is 1. The van der Waals surface area contributed by atoms with Crippen LogP contribution in [-0.4, -0.2) is 22.0 Å². The fraction of sp³-hybridized carbons (Fsp3) is 0.615. The van der Waals surface area contributed by atoms with Gasteiger partial charge in [0.25, 0.3) is 0 Å². The molecule has 1 unspecified atom stereocenters. The third kappa shape index (κ3) is 4.98. The molecular formula is C13H20N2O3S. The van der Waals surface area contributed by atoms with Crippen molar-refractivity contribution in [3.8, 4) is 0 Å². The van der Waals surface area contributed by atoms with Gasteiger partial charge in [-0.25, -0.2) is 4.98 Å². The van der Waals surface area contributed by atoms with E-state index >= 15 is 0 Å². The lowest BCUT2D eigenvalue weighted by molar-refractivity contribution is -0.137. The smallest absolute Gasteiger partial charge is 0.303 e. The van der Waals surface area contributed by atoms with Crippen LogP contribution in [-0.2, 0) is 15.1 Å². The molecule has 106 valence electrons. The lowest BCUT2D eigenvalue weighted by Gasteiger charge is -2.27. The van der Waals surface area contributed by atoms with E-state index in [2.05, 4.69) is 10.3 Å². The highest BCUT2D eigenvalue weighted by Gasteiger charge is 2.28. The van der Waals surface area contributed by atoms with Crippen molar-refractivity contribution in [2.75, 3.05) is 0 Å². The molecule has 1 aromatic heterocycles. The maximum atomic E-state index is 11.9. The van der Waals surface area contributed by atoms with Gasteiger partial charge in [0, 0.05) is 24.4 Å². The maximum Gasteiger partial charge on any atom is 0.303 e. The van der Waals surface area contributed by atoms with Crippen LogP contribution in [0, 0.1) is 0 Å². The van der Waals surface area contributed by atoms with Gasteiger partial charge in [-0.2, -0.15) is 0 Å². The molecule has 0 radical (unpaired) electrons. The number of rotatable bonds is 8. The molecule has 19 heavy (non-hydrogen) atoms. The van der Waals surface area contributed by atoms with Gasteiger partial charge < -0.3 is 10.4 Å². The molecule has 0 spiro atoms. The number of aliphatic carboxylic acids is 1. The van der Waals surface area contributed by atoms with Crippen molar-refractivity contribution in [1.29, 1.82) is 0 Å². The van der Waals surface area contributed by atoms with E-state index in [0.29, 0.717) is 19.3 Å². The summed E-state index contributed by atoms with van der Waals surface area (Å²) in [5, 5.41) is 14.3. The summed E-state index contributed by atoms with van der Waals surface area (Å²) in [6.07, 6.45) is 4.09. The molecule has 6 heteroatoms. The fourth-order valence-corrected chi connectivity index (χ4v) is 2.55. The standard InChI is InChI=1S/C13H20N2O3S/c1-3-13(2,12-14-8-9-19-12)15-10(16)6-4-5-7-11(17)18/h8-9H,3-7H2,1-2H3,(H,15,16)(H,17,18). The molecule has 0 fully saturated rings. The number of hydrogen-bond donors (Lipinski definition) is 2. The Kier molecular flexibility index (Phi) is 5.95. The Morgan fingerprint density at radius 3 is 2.63 bits per heavy atom. The summed E-state index contributed by atoms with van der Waals surface area (Å²) >= 11 is 1.53. The average Bonchev–Trinajstić information content (AvgIpc) is 2.88. The van der Waals surface area contributed by atoms with Crippen LogP contribution in [0.2, 0.25) is 0 Å². The largest absolute Gasteiger partial charge is 0.481 e. The van der Waals surface area contributed by atoms with Crippen molar-refractivity contribution in [3.05, 3.63) is 16.6 Å². The quantitative estimate of drug-likeness (QED) is 0.719. The van der Waals surface area contributed by atoms with Gasteiger partial charge in [0.2, 0.25) is 5.91 Å². The van der Waals surface area contributed by atoms with Gasteiger partial charge in [-0.15, -0.1) is 11.3 Å². The van der Waals surface area contributed by atoms with Gasteiger partial charge in [-0.1, -0.05) is 6.92 Å². The Hall–Kier alpha value is -1.43. The van der Waals surface area contributed by atoms with Crippen molar-refractivity contribution >= 4 is 23.2 Å². The molecule has 1 amide bonds. The second kappa shape index (κ2) is 7.23. The highest BCUT2D eigenvalue weighted by Crippen LogP contribution is 2.26. The molecule has 0 saturated heterocycles. The number of carboxylic acids is 1. The average molecular weight is 284 g/mol. The van der Waals surface area contributed by atoms with Crippen LogP contribution in [0.3, 0.4) is 0 Å². The molecule has 1 aromatic rings. The van der Waals surface area contributed by atoms with Crippen LogP contribution >= 0.6 is 11.3 Å². The number of thiazole rings is 1. The third-order valence-corrected chi connectivity index (χ3v) is 4.11. The summed E-state index contributed by atoms with van der Waals surface area (Å²) in [5.41, 5.74) is -0.432. The normalized spacial score (nSPS) is 13.8. The van der Waals surface area contributed by atoms with Gasteiger partial charge in [0.1, 0.15) is 5.01 Å². The third-order valence-electron chi connectivity index (χ3n) is 3.07. The van der Waals surface area contributed by atoms with Gasteiger partial charge in [0.05, 0.1) is 5.54 Å². The Balaban J connectivity index is 2.43. The minimum atomic E-state index is -0.818. The van der Waals surface area contributed by atoms with E-state index in [1.54, 1.807) is 6.20 Å². The Bertz CT molecular complexity index is 420. The van der Waals surface area contributed by atoms with E-state index in [0.717, 1.165) is 11.4 Å². The molecule has 1 rings (SSSR count). The van der Waals surface area contributed by atoms with E-state index in [1.807, 2.05) is 19.2 Å². The molecule has 0 aromatic carbocycles. The van der Waals surface area contributed by atoms with Crippen LogP contribution < -0.4 is 5.32 Å². The van der Waals surface area contributed by atoms with Crippen molar-refractivity contribution in [2.45, 2.75) is 51.5 Å². The highest BCUT2D eigenvalue weighted by molar-refractivity contribution is 7.09. The van der Waals surface area contributed by atoms with Crippen LogP contribution in [0.1, 0.15) is 51.0 Å². The van der Waals surface area contributed by atoms with E-state index in [9.17, 15) is 9.59 Å². The predicted octanol–water partition coefficient (Wildman–Crippen LogP) is 2.53. The number of carboxylic acid groups (broad SMARTS) is 1. The number of aromatic nitrogens is 1. The number of nitrogens with zero attached hydrogens (tertiary/aromatic N) is 1. The first kappa shape index (κ1) is 15.6. The van der Waals surface area contributed by atoms with E-state index < -0.39 is 11.5 Å². The summed E-state index contributed by atoms with van der Waals surface area (Å²) in [6, 6.07) is 0. The second-order valence-corrected chi connectivity index (χ2v) is 5.57. The number of nitrogens with one attached hydrogen (secondary N) is 1. The molecule has 1 heterocycles. The van der Waals surface area contributed by atoms with E-state index in [1.165, 1.54) is 11.3 Å². The van der Waals surface area contributed by atoms with Crippen LogP contribution in [0.5, 0.6) is 0 Å². The number of amides is 1. The summed E-state index contributed by atoms with van der Waals surface area (Å²) in [6.45, 7) is 3.97. The summed E-state index contributed by atoms with van der Waals surface area (Å²) in [7, 11) is 0. The van der Waals surface area contributed by atoms with Crippen LogP contribution in [0.15, 0.2) is 11.6 Å². The van der Waals surface area contributed by atoms with Gasteiger partial charge >= 0.3 is 5.97 Å². The van der Waals surface area contributed by atoms with Gasteiger partial charge in [-0.05, 0) is 26.2 Å². The van der Waals surface area contributed by atoms with E-state index in [4.69, 9.17) is 5.11 Å². The van der Waals surface area contributed by atoms with Crippen LogP contribution in [0.25, 0.3) is 0 Å². The Morgan fingerprint density at radius 2 is 2.11 bits per heavy atom. The van der Waals surface area contributed by atoms with Crippen molar-refractivity contribution in [1.82, 2.24) is 10.3 Å². The van der Waals surface area contributed by atoms with Gasteiger partial charge in [0.15, 0.2) is 0 Å². The lowest BCUT2D eigenvalue weighted by atomic mass is 9.99. The Labute approximate surface area is 117 Å². The molecular weight excluding hydrogens is 264 g/mol. The molecule has 1 atom stereocenters. The monoisotopic (exact) mass is 284 g/mol. The molecule has 5 nitrogen and oxygen atoms in total.